The molecule has 0 saturated heterocycles. The molecule has 0 bridgehead atoms. The third-order valence-electron chi connectivity index (χ3n) is 5.23. The van der Waals surface area contributed by atoms with Crippen molar-refractivity contribution in [3.63, 3.8) is 0 Å². The van der Waals surface area contributed by atoms with Crippen LogP contribution in [0.15, 0.2) is 80.2 Å². The number of hydrogen-bond acceptors (Lipinski definition) is 8. The fourth-order valence-electron chi connectivity index (χ4n) is 3.48. The minimum Gasteiger partial charge on any atom is -0.489 e. The van der Waals surface area contributed by atoms with Crippen molar-refractivity contribution in [2.24, 2.45) is 0 Å². The van der Waals surface area contributed by atoms with Gasteiger partial charge in [0.25, 0.3) is 5.56 Å². The number of ether oxygens (including phenoxy) is 2. The molecule has 9 heteroatoms. The Kier molecular flexibility index (Phi) is 5.69. The second-order valence-electron chi connectivity index (χ2n) is 7.61. The SMILES string of the molecule is Cc1cc(=O)oc2cc(OCc3ccc(C(=O)OCc4cc(=O)n5ccsc5n4)cc3)ccc12. The van der Waals surface area contributed by atoms with Crippen molar-refractivity contribution in [1.82, 2.24) is 9.38 Å². The van der Waals surface area contributed by atoms with E-state index in [0.29, 0.717) is 27.6 Å². The zero-order chi connectivity index (χ0) is 23.7. The molecule has 0 amide bonds. The first-order valence-corrected chi connectivity index (χ1v) is 11.2. The number of aromatic nitrogens is 2. The molecule has 5 rings (SSSR count). The maximum absolute atomic E-state index is 12.4. The lowest BCUT2D eigenvalue weighted by atomic mass is 10.1. The molecule has 8 nitrogen and oxygen atoms in total. The summed E-state index contributed by atoms with van der Waals surface area (Å²) in [6.07, 6.45) is 1.65. The number of carbonyl (C=O) groups is 1. The number of aryl methyl sites for hydroxylation is 1. The topological polar surface area (TPSA) is 100 Å². The molecule has 0 unspecified atom stereocenters. The molecule has 34 heavy (non-hydrogen) atoms. The molecule has 5 aromatic rings. The van der Waals surface area contributed by atoms with Crippen LogP contribution in [-0.4, -0.2) is 15.4 Å². The fraction of sp³-hybridized carbons (Fsp3) is 0.120. The summed E-state index contributed by atoms with van der Waals surface area (Å²) in [5, 5.41) is 2.62. The van der Waals surface area contributed by atoms with Gasteiger partial charge in [0.1, 0.15) is 24.5 Å². The van der Waals surface area contributed by atoms with Crippen LogP contribution in [0.25, 0.3) is 15.9 Å². The molecule has 0 spiro atoms. The van der Waals surface area contributed by atoms with Gasteiger partial charge in [0, 0.05) is 35.2 Å². The van der Waals surface area contributed by atoms with Crippen molar-refractivity contribution in [3.8, 4) is 5.75 Å². The van der Waals surface area contributed by atoms with E-state index >= 15 is 0 Å². The van der Waals surface area contributed by atoms with Gasteiger partial charge in [-0.3, -0.25) is 9.20 Å². The summed E-state index contributed by atoms with van der Waals surface area (Å²) in [6, 6.07) is 15.0. The first kappa shape index (κ1) is 21.6. The number of nitrogens with zero attached hydrogens (tertiary/aromatic N) is 2. The molecule has 0 aliphatic heterocycles. The van der Waals surface area contributed by atoms with Crippen molar-refractivity contribution < 1.29 is 18.7 Å². The third kappa shape index (κ3) is 4.46. The molecule has 0 saturated carbocycles. The Hall–Kier alpha value is -4.24. The van der Waals surface area contributed by atoms with E-state index < -0.39 is 11.6 Å². The van der Waals surface area contributed by atoms with E-state index in [4.69, 9.17) is 13.9 Å². The average Bonchev–Trinajstić information content (AvgIpc) is 3.30. The van der Waals surface area contributed by atoms with Gasteiger partial charge < -0.3 is 13.9 Å². The van der Waals surface area contributed by atoms with Gasteiger partial charge >= 0.3 is 11.6 Å². The molecule has 0 aliphatic rings. The van der Waals surface area contributed by atoms with Gasteiger partial charge in [-0.25, -0.2) is 14.6 Å². The Morgan fingerprint density at radius 2 is 1.88 bits per heavy atom. The van der Waals surface area contributed by atoms with Crippen molar-refractivity contribution in [3.05, 3.63) is 109 Å². The fourth-order valence-corrected chi connectivity index (χ4v) is 4.22. The molecule has 0 fully saturated rings. The van der Waals surface area contributed by atoms with Gasteiger partial charge in [0.05, 0.1) is 11.3 Å². The highest BCUT2D eigenvalue weighted by Gasteiger charge is 2.10. The van der Waals surface area contributed by atoms with Crippen LogP contribution < -0.4 is 15.9 Å². The van der Waals surface area contributed by atoms with Crippen LogP contribution in [0.3, 0.4) is 0 Å². The van der Waals surface area contributed by atoms with E-state index in [1.54, 1.807) is 41.9 Å². The Morgan fingerprint density at radius 3 is 2.71 bits per heavy atom. The molecule has 0 N–H and O–H groups in total. The van der Waals surface area contributed by atoms with Gasteiger partial charge in [-0.2, -0.15) is 0 Å². The van der Waals surface area contributed by atoms with Gasteiger partial charge in [0.2, 0.25) is 0 Å². The standard InChI is InChI=1S/C25H18N2O6S/c1-15-10-23(29)33-21-12-19(6-7-20(15)21)31-13-16-2-4-17(5-3-16)24(30)32-14-18-11-22(28)27-8-9-34-25(27)26-18/h2-12H,13-14H2,1H3. The first-order valence-electron chi connectivity index (χ1n) is 10.4. The average molecular weight is 474 g/mol. The summed E-state index contributed by atoms with van der Waals surface area (Å²) in [5.41, 5.74) is 2.31. The van der Waals surface area contributed by atoms with Crippen molar-refractivity contribution in [2.45, 2.75) is 20.1 Å². The smallest absolute Gasteiger partial charge is 0.338 e. The van der Waals surface area contributed by atoms with Crippen LogP contribution >= 0.6 is 11.3 Å². The summed E-state index contributed by atoms with van der Waals surface area (Å²) in [6.45, 7) is 2.03. The Morgan fingerprint density at radius 1 is 1.06 bits per heavy atom. The van der Waals surface area contributed by atoms with Crippen LogP contribution in [0.5, 0.6) is 5.75 Å². The van der Waals surface area contributed by atoms with E-state index in [9.17, 15) is 14.4 Å². The normalized spacial score (nSPS) is 11.1. The number of esters is 1. The van der Waals surface area contributed by atoms with E-state index in [1.807, 2.05) is 19.1 Å². The summed E-state index contributed by atoms with van der Waals surface area (Å²) < 4.78 is 17.8. The highest BCUT2D eigenvalue weighted by Crippen LogP contribution is 2.23. The molecule has 3 aromatic heterocycles. The predicted molar refractivity (Wildman–Crippen MR) is 126 cm³/mol. The maximum Gasteiger partial charge on any atom is 0.338 e. The van der Waals surface area contributed by atoms with Crippen LogP contribution in [0.2, 0.25) is 0 Å². The van der Waals surface area contributed by atoms with E-state index in [-0.39, 0.29) is 18.8 Å². The van der Waals surface area contributed by atoms with Crippen molar-refractivity contribution >= 4 is 33.2 Å². The predicted octanol–water partition coefficient (Wildman–Crippen LogP) is 4.11. The Bertz CT molecular complexity index is 1630. The van der Waals surface area contributed by atoms with E-state index in [1.165, 1.54) is 27.9 Å². The number of hydrogen-bond donors (Lipinski definition) is 0. The highest BCUT2D eigenvalue weighted by atomic mass is 32.1. The third-order valence-corrected chi connectivity index (χ3v) is 5.98. The Balaban J connectivity index is 1.21. The molecular weight excluding hydrogens is 456 g/mol. The highest BCUT2D eigenvalue weighted by molar-refractivity contribution is 7.15. The molecule has 170 valence electrons. The number of benzene rings is 2. The lowest BCUT2D eigenvalue weighted by Crippen LogP contribution is -2.14. The number of carbonyl (C=O) groups excluding carboxylic acids is 1. The van der Waals surface area contributed by atoms with E-state index in [0.717, 1.165) is 16.5 Å². The second-order valence-corrected chi connectivity index (χ2v) is 8.48. The molecular formula is C25H18N2O6S. The maximum atomic E-state index is 12.4. The second kappa shape index (κ2) is 8.95. The zero-order valence-corrected chi connectivity index (χ0v) is 18.8. The number of fused-ring (bicyclic) bond motifs is 2. The summed E-state index contributed by atoms with van der Waals surface area (Å²) in [5.74, 6) is 0.0522. The molecule has 2 aromatic carbocycles. The van der Waals surface area contributed by atoms with Crippen molar-refractivity contribution in [2.75, 3.05) is 0 Å². The lowest BCUT2D eigenvalue weighted by Gasteiger charge is -2.09. The number of rotatable bonds is 6. The van der Waals surface area contributed by atoms with Crippen LogP contribution in [0, 0.1) is 6.92 Å². The minimum absolute atomic E-state index is 0.0924. The lowest BCUT2D eigenvalue weighted by molar-refractivity contribution is 0.0467. The molecule has 3 heterocycles. The largest absolute Gasteiger partial charge is 0.489 e. The van der Waals surface area contributed by atoms with Gasteiger partial charge in [-0.15, -0.1) is 11.3 Å². The van der Waals surface area contributed by atoms with Gasteiger partial charge in [-0.05, 0) is 42.3 Å². The van der Waals surface area contributed by atoms with Crippen LogP contribution in [0.1, 0.15) is 27.2 Å². The number of thiazole rings is 1. The molecule has 0 aliphatic carbocycles. The van der Waals surface area contributed by atoms with Crippen molar-refractivity contribution in [1.29, 1.82) is 0 Å². The minimum atomic E-state index is -0.513. The Labute approximate surface area is 196 Å². The molecule has 0 radical (unpaired) electrons. The zero-order valence-electron chi connectivity index (χ0n) is 18.0. The van der Waals surface area contributed by atoms with Gasteiger partial charge in [0.15, 0.2) is 4.96 Å². The molecule has 0 atom stereocenters. The quantitative estimate of drug-likeness (QED) is 0.270. The van der Waals surface area contributed by atoms with Crippen LogP contribution in [-0.2, 0) is 18.0 Å². The summed E-state index contributed by atoms with van der Waals surface area (Å²) in [7, 11) is 0. The van der Waals surface area contributed by atoms with Crippen LogP contribution in [0.4, 0.5) is 0 Å². The summed E-state index contributed by atoms with van der Waals surface area (Å²) in [4.78, 5) is 40.9. The summed E-state index contributed by atoms with van der Waals surface area (Å²) >= 11 is 1.33. The van der Waals surface area contributed by atoms with E-state index in [2.05, 4.69) is 4.98 Å². The monoisotopic (exact) mass is 474 g/mol. The van der Waals surface area contributed by atoms with Gasteiger partial charge in [-0.1, -0.05) is 12.1 Å². The first-order chi connectivity index (χ1) is 16.5.